The molecule has 0 unspecified atom stereocenters. The molecular formula is C13H19N5O5S. The predicted octanol–water partition coefficient (Wildman–Crippen LogP) is 1.20. The number of benzene rings is 1. The van der Waals surface area contributed by atoms with Crippen LogP contribution >= 0.6 is 0 Å². The quantitative estimate of drug-likeness (QED) is 0.458. The second-order valence-electron chi connectivity index (χ2n) is 5.54. The molecule has 0 atom stereocenters. The van der Waals surface area contributed by atoms with Crippen LogP contribution < -0.4 is 21.3 Å². The van der Waals surface area contributed by atoms with Gasteiger partial charge in [0.2, 0.25) is 10.0 Å². The number of rotatable bonds is 5. The van der Waals surface area contributed by atoms with Gasteiger partial charge >= 0.3 is 6.03 Å². The molecule has 2 rings (SSSR count). The van der Waals surface area contributed by atoms with Gasteiger partial charge in [-0.2, -0.15) is 0 Å². The van der Waals surface area contributed by atoms with Crippen LogP contribution in [0.25, 0.3) is 0 Å². The fourth-order valence-electron chi connectivity index (χ4n) is 2.54. The molecule has 0 heterocycles. The Morgan fingerprint density at radius 1 is 1.25 bits per heavy atom. The summed E-state index contributed by atoms with van der Waals surface area (Å²) in [5.74, 6) is 0. The van der Waals surface area contributed by atoms with E-state index in [2.05, 4.69) is 16.2 Å². The van der Waals surface area contributed by atoms with Crippen LogP contribution in [0.1, 0.15) is 32.1 Å². The molecule has 1 aromatic rings. The molecule has 1 fully saturated rings. The summed E-state index contributed by atoms with van der Waals surface area (Å²) >= 11 is 0. The highest BCUT2D eigenvalue weighted by Gasteiger charge is 2.20. The summed E-state index contributed by atoms with van der Waals surface area (Å²) in [6, 6.07) is 2.69. The monoisotopic (exact) mass is 357 g/mol. The van der Waals surface area contributed by atoms with Crippen molar-refractivity contribution in [2.75, 3.05) is 5.43 Å². The normalized spacial score (nSPS) is 15.5. The minimum Gasteiger partial charge on any atom is -0.334 e. The van der Waals surface area contributed by atoms with Gasteiger partial charge in [0.15, 0.2) is 0 Å². The second-order valence-corrected chi connectivity index (χ2v) is 7.10. The number of hydrazine groups is 1. The van der Waals surface area contributed by atoms with E-state index in [-0.39, 0.29) is 16.6 Å². The summed E-state index contributed by atoms with van der Waals surface area (Å²) in [4.78, 5) is 21.7. The number of primary sulfonamides is 1. The first-order chi connectivity index (χ1) is 11.3. The Morgan fingerprint density at radius 2 is 1.92 bits per heavy atom. The van der Waals surface area contributed by atoms with Crippen molar-refractivity contribution in [3.63, 3.8) is 0 Å². The van der Waals surface area contributed by atoms with Crippen molar-refractivity contribution in [1.82, 2.24) is 10.7 Å². The topological polar surface area (TPSA) is 156 Å². The van der Waals surface area contributed by atoms with E-state index in [1.165, 1.54) is 6.07 Å². The summed E-state index contributed by atoms with van der Waals surface area (Å²) < 4.78 is 22.5. The van der Waals surface area contributed by atoms with Crippen LogP contribution in [0.3, 0.4) is 0 Å². The van der Waals surface area contributed by atoms with E-state index >= 15 is 0 Å². The van der Waals surface area contributed by atoms with Crippen molar-refractivity contribution < 1.29 is 18.1 Å². The predicted molar refractivity (Wildman–Crippen MR) is 86.6 cm³/mol. The van der Waals surface area contributed by atoms with E-state index < -0.39 is 26.7 Å². The Hall–Kier alpha value is -2.40. The molecular weight excluding hydrogens is 338 g/mol. The SMILES string of the molecule is NS(=O)(=O)c1ccc(NNC(=O)NC2CCCCC2)c([N+](=O)[O-])c1. The van der Waals surface area contributed by atoms with Crippen molar-refractivity contribution in [3.8, 4) is 0 Å². The first kappa shape index (κ1) is 17.9. The summed E-state index contributed by atoms with van der Waals surface area (Å²) in [5.41, 5.74) is 4.17. The Morgan fingerprint density at radius 3 is 2.50 bits per heavy atom. The molecule has 2 amide bonds. The fraction of sp³-hybridized carbons (Fsp3) is 0.462. The molecule has 132 valence electrons. The van der Waals surface area contributed by atoms with E-state index in [1.54, 1.807) is 0 Å². The van der Waals surface area contributed by atoms with Gasteiger partial charge in [-0.3, -0.25) is 21.0 Å². The molecule has 0 aromatic heterocycles. The number of carbonyl (C=O) groups is 1. The molecule has 1 aromatic carbocycles. The summed E-state index contributed by atoms with van der Waals surface area (Å²) in [5, 5.41) is 18.8. The number of amides is 2. The molecule has 0 aliphatic heterocycles. The van der Waals surface area contributed by atoms with Crippen LogP contribution in [-0.2, 0) is 10.0 Å². The molecule has 0 saturated heterocycles. The minimum absolute atomic E-state index is 0.0498. The zero-order valence-corrected chi connectivity index (χ0v) is 13.6. The van der Waals surface area contributed by atoms with Gasteiger partial charge in [0.05, 0.1) is 9.82 Å². The molecule has 0 bridgehead atoms. The molecule has 5 N–H and O–H groups in total. The van der Waals surface area contributed by atoms with Crippen LogP contribution in [0.2, 0.25) is 0 Å². The van der Waals surface area contributed by atoms with Crippen LogP contribution in [0.4, 0.5) is 16.2 Å². The average molecular weight is 357 g/mol. The van der Waals surface area contributed by atoms with E-state index in [9.17, 15) is 23.3 Å². The van der Waals surface area contributed by atoms with Gasteiger partial charge < -0.3 is 5.32 Å². The summed E-state index contributed by atoms with van der Waals surface area (Å²) in [6.07, 6.45) is 5.06. The maximum absolute atomic E-state index is 11.8. The third kappa shape index (κ3) is 4.80. The molecule has 1 aliphatic rings. The molecule has 0 spiro atoms. The Balaban J connectivity index is 2.03. The number of hydrogen-bond donors (Lipinski definition) is 4. The lowest BCUT2D eigenvalue weighted by Crippen LogP contribution is -2.45. The highest BCUT2D eigenvalue weighted by atomic mass is 32.2. The molecule has 11 heteroatoms. The zero-order chi connectivity index (χ0) is 17.7. The van der Waals surface area contributed by atoms with Gasteiger partial charge in [0, 0.05) is 12.1 Å². The maximum atomic E-state index is 11.8. The highest BCUT2D eigenvalue weighted by molar-refractivity contribution is 7.89. The number of nitrogens with zero attached hydrogens (tertiary/aromatic N) is 1. The Kier molecular flexibility index (Phi) is 5.57. The van der Waals surface area contributed by atoms with Gasteiger partial charge in [-0.25, -0.2) is 18.4 Å². The number of anilines is 1. The largest absolute Gasteiger partial charge is 0.334 e. The average Bonchev–Trinajstić information content (AvgIpc) is 2.52. The van der Waals surface area contributed by atoms with Gasteiger partial charge in [0.25, 0.3) is 5.69 Å². The lowest BCUT2D eigenvalue weighted by atomic mass is 9.96. The molecule has 1 saturated carbocycles. The van der Waals surface area contributed by atoms with Crippen LogP contribution in [0.5, 0.6) is 0 Å². The lowest BCUT2D eigenvalue weighted by Gasteiger charge is -2.23. The molecule has 1 aliphatic carbocycles. The molecule has 10 nitrogen and oxygen atoms in total. The van der Waals surface area contributed by atoms with Gasteiger partial charge in [-0.1, -0.05) is 19.3 Å². The van der Waals surface area contributed by atoms with Gasteiger partial charge in [0.1, 0.15) is 5.69 Å². The first-order valence-corrected chi connectivity index (χ1v) is 8.96. The van der Waals surface area contributed by atoms with Crippen LogP contribution in [0, 0.1) is 10.1 Å². The van der Waals surface area contributed by atoms with E-state index in [1.807, 2.05) is 0 Å². The number of nitrogens with one attached hydrogen (secondary N) is 3. The fourth-order valence-corrected chi connectivity index (χ4v) is 3.07. The van der Waals surface area contributed by atoms with Crippen molar-refractivity contribution in [1.29, 1.82) is 0 Å². The number of nitrogens with two attached hydrogens (primary N) is 1. The zero-order valence-electron chi connectivity index (χ0n) is 12.8. The maximum Gasteiger partial charge on any atom is 0.333 e. The second kappa shape index (κ2) is 7.45. The van der Waals surface area contributed by atoms with Crippen LogP contribution in [0.15, 0.2) is 23.1 Å². The number of sulfonamides is 1. The third-order valence-corrected chi connectivity index (χ3v) is 4.66. The van der Waals surface area contributed by atoms with Gasteiger partial charge in [-0.15, -0.1) is 0 Å². The van der Waals surface area contributed by atoms with Crippen molar-refractivity contribution in [2.45, 2.75) is 43.0 Å². The van der Waals surface area contributed by atoms with Gasteiger partial charge in [-0.05, 0) is 25.0 Å². The Labute approximate surface area is 139 Å². The van der Waals surface area contributed by atoms with Crippen molar-refractivity contribution in [2.24, 2.45) is 5.14 Å². The molecule has 0 radical (unpaired) electrons. The smallest absolute Gasteiger partial charge is 0.333 e. The number of nitro groups is 1. The van der Waals surface area contributed by atoms with Crippen molar-refractivity contribution in [3.05, 3.63) is 28.3 Å². The third-order valence-electron chi connectivity index (χ3n) is 3.75. The number of hydrogen-bond acceptors (Lipinski definition) is 6. The van der Waals surface area contributed by atoms with E-state index in [0.717, 1.165) is 44.2 Å². The van der Waals surface area contributed by atoms with E-state index in [0.29, 0.717) is 0 Å². The van der Waals surface area contributed by atoms with Crippen LogP contribution in [-0.4, -0.2) is 25.4 Å². The first-order valence-electron chi connectivity index (χ1n) is 7.41. The highest BCUT2D eigenvalue weighted by Crippen LogP contribution is 2.26. The summed E-state index contributed by atoms with van der Waals surface area (Å²) in [6.45, 7) is 0. The van der Waals surface area contributed by atoms with E-state index in [4.69, 9.17) is 5.14 Å². The number of urea groups is 1. The standard InChI is InChI=1S/C13H19N5O5S/c14-24(22,23)10-6-7-11(12(8-10)18(20)21)16-17-13(19)15-9-4-2-1-3-5-9/h6-9,16H,1-5H2,(H2,14,22,23)(H2,15,17,19). The minimum atomic E-state index is -4.06. The number of nitro benzene ring substituents is 1. The summed E-state index contributed by atoms with van der Waals surface area (Å²) in [7, 11) is -4.06. The van der Waals surface area contributed by atoms with Crippen molar-refractivity contribution >= 4 is 27.4 Å². The lowest BCUT2D eigenvalue weighted by molar-refractivity contribution is -0.384. The molecule has 24 heavy (non-hydrogen) atoms. The Bertz CT molecular complexity index is 730. The number of carbonyl (C=O) groups excluding carboxylic acids is 1.